The highest BCUT2D eigenvalue weighted by atomic mass is 16.2. The van der Waals surface area contributed by atoms with Crippen molar-refractivity contribution in [1.29, 1.82) is 0 Å². The molecule has 3 unspecified atom stereocenters. The van der Waals surface area contributed by atoms with Crippen LogP contribution in [-0.2, 0) is 0 Å². The highest BCUT2D eigenvalue weighted by molar-refractivity contribution is 5.96. The number of hydrogen-bond acceptors (Lipinski definition) is 5. The Morgan fingerprint density at radius 2 is 1.85 bits per heavy atom. The summed E-state index contributed by atoms with van der Waals surface area (Å²) in [6.45, 7) is 3.97. The molecule has 0 bridgehead atoms. The van der Waals surface area contributed by atoms with E-state index in [2.05, 4.69) is 25.6 Å². The number of guanidine groups is 1. The number of aromatic nitrogens is 2. The maximum atomic E-state index is 13.1. The number of nitrogens with zero attached hydrogens (tertiary/aromatic N) is 3. The predicted octanol–water partition coefficient (Wildman–Crippen LogP) is 3.43. The molecular weight excluding hydrogens is 414 g/mol. The molecule has 1 saturated carbocycles. The van der Waals surface area contributed by atoms with E-state index in [1.807, 2.05) is 62.4 Å². The first-order valence-corrected chi connectivity index (χ1v) is 11.4. The van der Waals surface area contributed by atoms with Crippen molar-refractivity contribution < 1.29 is 4.79 Å². The predicted molar refractivity (Wildman–Crippen MR) is 132 cm³/mol. The summed E-state index contributed by atoms with van der Waals surface area (Å²) in [5, 5.41) is 7.42. The quantitative estimate of drug-likeness (QED) is 0.340. The van der Waals surface area contributed by atoms with Crippen molar-refractivity contribution in [2.24, 2.45) is 16.5 Å². The van der Waals surface area contributed by atoms with Crippen LogP contribution in [0.15, 0.2) is 53.5 Å². The molecule has 1 fully saturated rings. The first kappa shape index (κ1) is 22.5. The molecule has 1 aromatic heterocycles. The molecule has 1 aliphatic carbocycles. The van der Waals surface area contributed by atoms with Crippen LogP contribution >= 0.6 is 0 Å². The molecule has 1 aliphatic rings. The number of hydrogen-bond donors (Lipinski definition) is 4. The van der Waals surface area contributed by atoms with E-state index in [0.29, 0.717) is 11.3 Å². The topological polar surface area (TPSA) is 131 Å². The normalized spacial score (nSPS) is 19.0. The summed E-state index contributed by atoms with van der Waals surface area (Å²) in [5.74, 6) is 0.531. The zero-order valence-electron chi connectivity index (χ0n) is 19.1. The van der Waals surface area contributed by atoms with Crippen LogP contribution in [0.25, 0.3) is 10.9 Å². The van der Waals surface area contributed by atoms with E-state index in [9.17, 15) is 4.79 Å². The lowest BCUT2D eigenvalue weighted by Gasteiger charge is -2.30. The molecule has 0 saturated heterocycles. The number of benzene rings is 2. The minimum atomic E-state index is -0.318. The Labute approximate surface area is 193 Å². The van der Waals surface area contributed by atoms with Gasteiger partial charge >= 0.3 is 0 Å². The van der Waals surface area contributed by atoms with Gasteiger partial charge in [-0.2, -0.15) is 0 Å². The summed E-state index contributed by atoms with van der Waals surface area (Å²) in [4.78, 5) is 26.7. The number of aliphatic imine (C=N–C) groups is 1. The van der Waals surface area contributed by atoms with Gasteiger partial charge in [0, 0.05) is 5.39 Å². The van der Waals surface area contributed by atoms with Gasteiger partial charge in [-0.15, -0.1) is 0 Å². The fourth-order valence-corrected chi connectivity index (χ4v) is 4.34. The molecule has 8 heteroatoms. The molecule has 3 atom stereocenters. The lowest BCUT2D eigenvalue weighted by atomic mass is 9.90. The Balaban J connectivity index is 1.66. The largest absolute Gasteiger partial charge is 0.370 e. The van der Waals surface area contributed by atoms with Gasteiger partial charge in [-0.3, -0.25) is 4.79 Å². The van der Waals surface area contributed by atoms with Crippen LogP contribution in [0, 0.1) is 6.92 Å². The van der Waals surface area contributed by atoms with Gasteiger partial charge in [0.2, 0.25) is 5.82 Å². The molecular formula is C25H31N7O. The van der Waals surface area contributed by atoms with Crippen molar-refractivity contribution in [2.75, 3.05) is 5.32 Å². The van der Waals surface area contributed by atoms with Gasteiger partial charge in [0.05, 0.1) is 23.6 Å². The average Bonchev–Trinajstić information content (AvgIpc) is 2.80. The third-order valence-corrected chi connectivity index (χ3v) is 6.07. The minimum absolute atomic E-state index is 0.0265. The average molecular weight is 446 g/mol. The molecule has 1 amide bonds. The van der Waals surface area contributed by atoms with Crippen LogP contribution < -0.4 is 22.1 Å². The van der Waals surface area contributed by atoms with Crippen LogP contribution in [0.1, 0.15) is 60.4 Å². The summed E-state index contributed by atoms with van der Waals surface area (Å²) in [5.41, 5.74) is 14.2. The summed E-state index contributed by atoms with van der Waals surface area (Å²) >= 11 is 0. The van der Waals surface area contributed by atoms with E-state index in [4.69, 9.17) is 11.5 Å². The number of rotatable bonds is 6. The van der Waals surface area contributed by atoms with Crippen LogP contribution in [0.3, 0.4) is 0 Å². The number of fused-ring (bicyclic) bond motifs is 1. The molecule has 33 heavy (non-hydrogen) atoms. The van der Waals surface area contributed by atoms with E-state index < -0.39 is 0 Å². The molecule has 2 aromatic carbocycles. The Morgan fingerprint density at radius 1 is 1.09 bits per heavy atom. The van der Waals surface area contributed by atoms with Gasteiger partial charge in [-0.1, -0.05) is 54.8 Å². The Bertz CT molecular complexity index is 1160. The summed E-state index contributed by atoms with van der Waals surface area (Å²) in [6, 6.07) is 15.6. The van der Waals surface area contributed by atoms with Gasteiger partial charge in [0.1, 0.15) is 5.82 Å². The molecule has 0 spiro atoms. The van der Waals surface area contributed by atoms with Crippen LogP contribution in [0.4, 0.5) is 5.82 Å². The van der Waals surface area contributed by atoms with Crippen LogP contribution in [-0.4, -0.2) is 33.9 Å². The van der Waals surface area contributed by atoms with E-state index >= 15 is 0 Å². The van der Waals surface area contributed by atoms with Crippen molar-refractivity contribution in [3.05, 3.63) is 65.5 Å². The van der Waals surface area contributed by atoms with Crippen LogP contribution in [0.2, 0.25) is 0 Å². The lowest BCUT2D eigenvalue weighted by molar-refractivity contribution is 0.0930. The zero-order chi connectivity index (χ0) is 23.4. The number of nitrogens with one attached hydrogen (secondary N) is 2. The second-order valence-corrected chi connectivity index (χ2v) is 8.68. The highest BCUT2D eigenvalue weighted by Gasteiger charge is 2.26. The van der Waals surface area contributed by atoms with E-state index in [1.165, 1.54) is 0 Å². The third-order valence-electron chi connectivity index (χ3n) is 6.07. The number of carbonyl (C=O) groups excluding carboxylic acids is 1. The number of nitrogens with two attached hydrogens (primary N) is 2. The van der Waals surface area contributed by atoms with Crippen molar-refractivity contribution in [1.82, 2.24) is 15.3 Å². The van der Waals surface area contributed by atoms with E-state index in [1.54, 1.807) is 0 Å². The molecule has 3 aromatic rings. The molecule has 0 radical (unpaired) electrons. The SMILES string of the molecule is Cc1ccc2nc(C(=O)NC(C)c3ccccc3)nc(NC3CCCCC3N=C(N)N)c2c1. The van der Waals surface area contributed by atoms with Crippen LogP contribution in [0.5, 0.6) is 0 Å². The first-order chi connectivity index (χ1) is 15.9. The number of anilines is 1. The van der Waals surface area contributed by atoms with E-state index in [-0.39, 0.29) is 35.8 Å². The fraction of sp³-hybridized carbons (Fsp3) is 0.360. The fourth-order valence-electron chi connectivity index (χ4n) is 4.34. The van der Waals surface area contributed by atoms with E-state index in [0.717, 1.165) is 42.2 Å². The molecule has 1 heterocycles. The third kappa shape index (κ3) is 5.39. The number of aryl methyl sites for hydroxylation is 1. The van der Waals surface area contributed by atoms with Crippen molar-refractivity contribution >= 4 is 28.6 Å². The molecule has 172 valence electrons. The van der Waals surface area contributed by atoms with Gasteiger partial charge in [0.15, 0.2) is 5.96 Å². The summed E-state index contributed by atoms with van der Waals surface area (Å²) < 4.78 is 0. The first-order valence-electron chi connectivity index (χ1n) is 11.4. The maximum Gasteiger partial charge on any atom is 0.289 e. The minimum Gasteiger partial charge on any atom is -0.370 e. The Kier molecular flexibility index (Phi) is 6.72. The van der Waals surface area contributed by atoms with Gasteiger partial charge in [-0.05, 0) is 44.4 Å². The number of amides is 1. The second-order valence-electron chi connectivity index (χ2n) is 8.68. The second kappa shape index (κ2) is 9.85. The van der Waals surface area contributed by atoms with Crippen molar-refractivity contribution in [3.8, 4) is 0 Å². The lowest BCUT2D eigenvalue weighted by Crippen LogP contribution is -2.38. The zero-order valence-corrected chi connectivity index (χ0v) is 19.1. The molecule has 6 N–H and O–H groups in total. The molecule has 8 nitrogen and oxygen atoms in total. The van der Waals surface area contributed by atoms with Gasteiger partial charge in [-0.25, -0.2) is 15.0 Å². The Morgan fingerprint density at radius 3 is 2.61 bits per heavy atom. The molecule has 4 rings (SSSR count). The number of carbonyl (C=O) groups is 1. The van der Waals surface area contributed by atoms with Crippen molar-refractivity contribution in [2.45, 2.75) is 57.7 Å². The summed E-state index contributed by atoms with van der Waals surface area (Å²) in [7, 11) is 0. The maximum absolute atomic E-state index is 13.1. The monoisotopic (exact) mass is 445 g/mol. The standard InChI is InChI=1S/C25H31N7O/c1-15-12-13-19-18(14-15)22(30-20-10-6-7-11-21(20)31-25(26)27)32-23(29-19)24(33)28-16(2)17-8-4-3-5-9-17/h3-5,8-9,12-14,16,20-21H,6-7,10-11H2,1-2H3,(H,28,33)(H4,26,27,31)(H,29,30,32). The summed E-state index contributed by atoms with van der Waals surface area (Å²) in [6.07, 6.45) is 3.98. The smallest absolute Gasteiger partial charge is 0.289 e. The van der Waals surface area contributed by atoms with Gasteiger partial charge in [0.25, 0.3) is 5.91 Å². The van der Waals surface area contributed by atoms with Gasteiger partial charge < -0.3 is 22.1 Å². The Hall–Kier alpha value is -3.68. The highest BCUT2D eigenvalue weighted by Crippen LogP contribution is 2.28. The van der Waals surface area contributed by atoms with Crippen molar-refractivity contribution in [3.63, 3.8) is 0 Å². The molecule has 0 aliphatic heterocycles.